The average Bonchev–Trinajstić information content (AvgIpc) is 3.04. The van der Waals surface area contributed by atoms with Crippen LogP contribution in [0.3, 0.4) is 0 Å². The number of hydrogen-bond donors (Lipinski definition) is 1. The number of ether oxygens (including phenoxy) is 1. The zero-order valence-corrected chi connectivity index (χ0v) is 12.6. The van der Waals surface area contributed by atoms with Crippen molar-refractivity contribution in [2.45, 2.75) is 31.9 Å². The summed E-state index contributed by atoms with van der Waals surface area (Å²) in [5.41, 5.74) is 3.98. The van der Waals surface area contributed by atoms with E-state index in [-0.39, 0.29) is 6.04 Å². The van der Waals surface area contributed by atoms with Gasteiger partial charge in [-0.05, 0) is 36.5 Å². The second-order valence-corrected chi connectivity index (χ2v) is 5.74. The summed E-state index contributed by atoms with van der Waals surface area (Å²) in [5.74, 6) is 0. The van der Waals surface area contributed by atoms with Gasteiger partial charge in [0.15, 0.2) is 0 Å². The molecule has 21 heavy (non-hydrogen) atoms. The van der Waals surface area contributed by atoms with E-state index in [2.05, 4.69) is 66.8 Å². The van der Waals surface area contributed by atoms with E-state index in [9.17, 15) is 0 Å². The SMILES string of the molecule is Cc1ccccc1C(NCC1CCCO1)c1ccccc1. The van der Waals surface area contributed by atoms with Crippen LogP contribution in [0.1, 0.15) is 35.6 Å². The van der Waals surface area contributed by atoms with Crippen molar-refractivity contribution < 1.29 is 4.74 Å². The molecule has 2 aromatic rings. The lowest BCUT2D eigenvalue weighted by atomic mass is 9.95. The fourth-order valence-electron chi connectivity index (χ4n) is 3.02. The highest BCUT2D eigenvalue weighted by atomic mass is 16.5. The first-order valence-corrected chi connectivity index (χ1v) is 7.80. The highest BCUT2D eigenvalue weighted by Gasteiger charge is 2.20. The topological polar surface area (TPSA) is 21.3 Å². The van der Waals surface area contributed by atoms with Crippen LogP contribution in [0.15, 0.2) is 54.6 Å². The number of hydrogen-bond acceptors (Lipinski definition) is 2. The minimum atomic E-state index is 0.233. The summed E-state index contributed by atoms with van der Waals surface area (Å²) < 4.78 is 5.74. The Morgan fingerprint density at radius 1 is 1.10 bits per heavy atom. The number of nitrogens with one attached hydrogen (secondary N) is 1. The van der Waals surface area contributed by atoms with Crippen molar-refractivity contribution in [1.82, 2.24) is 5.32 Å². The Hall–Kier alpha value is -1.64. The number of aryl methyl sites for hydroxylation is 1. The molecular weight excluding hydrogens is 258 g/mol. The third kappa shape index (κ3) is 3.52. The zero-order valence-electron chi connectivity index (χ0n) is 12.6. The van der Waals surface area contributed by atoms with Crippen LogP contribution < -0.4 is 5.32 Å². The first-order chi connectivity index (χ1) is 10.3. The van der Waals surface area contributed by atoms with Crippen molar-refractivity contribution in [1.29, 1.82) is 0 Å². The third-order valence-corrected chi connectivity index (χ3v) is 4.21. The quantitative estimate of drug-likeness (QED) is 0.898. The molecule has 1 heterocycles. The zero-order chi connectivity index (χ0) is 14.5. The average molecular weight is 281 g/mol. The van der Waals surface area contributed by atoms with Crippen molar-refractivity contribution in [2.75, 3.05) is 13.2 Å². The molecule has 2 nitrogen and oxygen atoms in total. The van der Waals surface area contributed by atoms with Gasteiger partial charge < -0.3 is 10.1 Å². The van der Waals surface area contributed by atoms with Crippen molar-refractivity contribution in [2.24, 2.45) is 0 Å². The maximum Gasteiger partial charge on any atom is 0.0700 e. The Balaban J connectivity index is 1.82. The summed E-state index contributed by atoms with van der Waals surface area (Å²) in [6.45, 7) is 4.00. The summed E-state index contributed by atoms with van der Waals surface area (Å²) >= 11 is 0. The summed E-state index contributed by atoms with van der Waals surface area (Å²) in [7, 11) is 0. The summed E-state index contributed by atoms with van der Waals surface area (Å²) in [6, 6.07) is 19.5. The molecule has 0 amide bonds. The molecule has 0 aliphatic carbocycles. The first-order valence-electron chi connectivity index (χ1n) is 7.80. The van der Waals surface area contributed by atoms with Crippen LogP contribution in [-0.4, -0.2) is 19.3 Å². The molecule has 0 aromatic heterocycles. The highest BCUT2D eigenvalue weighted by Crippen LogP contribution is 2.25. The molecule has 110 valence electrons. The molecule has 2 unspecified atom stereocenters. The Morgan fingerprint density at radius 3 is 2.57 bits per heavy atom. The molecular formula is C19H23NO. The smallest absolute Gasteiger partial charge is 0.0700 e. The molecule has 0 spiro atoms. The van der Waals surface area contributed by atoms with Gasteiger partial charge in [0.1, 0.15) is 0 Å². The molecule has 1 N–H and O–H groups in total. The molecule has 2 atom stereocenters. The van der Waals surface area contributed by atoms with Gasteiger partial charge in [-0.3, -0.25) is 0 Å². The maximum atomic E-state index is 5.74. The van der Waals surface area contributed by atoms with Gasteiger partial charge in [-0.1, -0.05) is 54.6 Å². The lowest BCUT2D eigenvalue weighted by Crippen LogP contribution is -2.31. The Labute approximate surface area is 127 Å². The second-order valence-electron chi connectivity index (χ2n) is 5.74. The van der Waals surface area contributed by atoms with Gasteiger partial charge in [-0.25, -0.2) is 0 Å². The predicted molar refractivity (Wildman–Crippen MR) is 86.4 cm³/mol. The van der Waals surface area contributed by atoms with Gasteiger partial charge in [-0.2, -0.15) is 0 Å². The normalized spacial score (nSPS) is 19.6. The van der Waals surface area contributed by atoms with Gasteiger partial charge in [0.05, 0.1) is 12.1 Å². The molecule has 2 heteroatoms. The Kier molecular flexibility index (Phi) is 4.69. The van der Waals surface area contributed by atoms with Gasteiger partial charge in [-0.15, -0.1) is 0 Å². The van der Waals surface area contributed by atoms with Crippen LogP contribution in [0.2, 0.25) is 0 Å². The van der Waals surface area contributed by atoms with Crippen LogP contribution in [0.25, 0.3) is 0 Å². The third-order valence-electron chi connectivity index (χ3n) is 4.21. The first kappa shape index (κ1) is 14.3. The molecule has 0 saturated carbocycles. The summed E-state index contributed by atoms with van der Waals surface area (Å²) in [6.07, 6.45) is 2.72. The van der Waals surface area contributed by atoms with Crippen molar-refractivity contribution in [3.63, 3.8) is 0 Å². The van der Waals surface area contributed by atoms with Crippen LogP contribution in [0.5, 0.6) is 0 Å². The van der Waals surface area contributed by atoms with Gasteiger partial charge in [0.2, 0.25) is 0 Å². The molecule has 1 saturated heterocycles. The number of benzene rings is 2. The lowest BCUT2D eigenvalue weighted by Gasteiger charge is -2.23. The minimum Gasteiger partial charge on any atom is -0.377 e. The second kappa shape index (κ2) is 6.88. The van der Waals surface area contributed by atoms with Gasteiger partial charge in [0.25, 0.3) is 0 Å². The van der Waals surface area contributed by atoms with Gasteiger partial charge >= 0.3 is 0 Å². The fraction of sp³-hybridized carbons (Fsp3) is 0.368. The molecule has 0 radical (unpaired) electrons. The van der Waals surface area contributed by atoms with Crippen LogP contribution >= 0.6 is 0 Å². The maximum absolute atomic E-state index is 5.74. The molecule has 1 fully saturated rings. The number of rotatable bonds is 5. The Morgan fingerprint density at radius 2 is 1.86 bits per heavy atom. The summed E-state index contributed by atoms with van der Waals surface area (Å²) in [5, 5.41) is 3.71. The molecule has 2 aromatic carbocycles. The highest BCUT2D eigenvalue weighted by molar-refractivity contribution is 5.36. The van der Waals surface area contributed by atoms with E-state index in [1.165, 1.54) is 29.5 Å². The van der Waals surface area contributed by atoms with Crippen molar-refractivity contribution in [3.8, 4) is 0 Å². The standard InChI is InChI=1S/C19H23NO/c1-15-8-5-6-12-18(15)19(16-9-3-2-4-10-16)20-14-17-11-7-13-21-17/h2-6,8-10,12,17,19-20H,7,11,13-14H2,1H3. The van der Waals surface area contributed by atoms with E-state index in [4.69, 9.17) is 4.74 Å². The lowest BCUT2D eigenvalue weighted by molar-refractivity contribution is 0.108. The summed E-state index contributed by atoms with van der Waals surface area (Å²) in [4.78, 5) is 0. The van der Waals surface area contributed by atoms with E-state index < -0.39 is 0 Å². The molecule has 0 bridgehead atoms. The predicted octanol–water partition coefficient (Wildman–Crippen LogP) is 3.85. The van der Waals surface area contributed by atoms with Crippen LogP contribution in [0, 0.1) is 6.92 Å². The largest absolute Gasteiger partial charge is 0.377 e. The van der Waals surface area contributed by atoms with E-state index in [1.807, 2.05) is 0 Å². The molecule has 1 aliphatic heterocycles. The Bertz CT molecular complexity index is 561. The van der Waals surface area contributed by atoms with Crippen molar-refractivity contribution in [3.05, 3.63) is 71.3 Å². The fourth-order valence-corrected chi connectivity index (χ4v) is 3.02. The van der Waals surface area contributed by atoms with E-state index in [0.717, 1.165) is 13.2 Å². The van der Waals surface area contributed by atoms with E-state index in [1.54, 1.807) is 0 Å². The van der Waals surface area contributed by atoms with Crippen LogP contribution in [-0.2, 0) is 4.74 Å². The molecule has 3 rings (SSSR count). The van der Waals surface area contributed by atoms with Crippen molar-refractivity contribution >= 4 is 0 Å². The van der Waals surface area contributed by atoms with Crippen LogP contribution in [0.4, 0.5) is 0 Å². The monoisotopic (exact) mass is 281 g/mol. The van der Waals surface area contributed by atoms with E-state index in [0.29, 0.717) is 6.10 Å². The van der Waals surface area contributed by atoms with Gasteiger partial charge in [0, 0.05) is 13.2 Å². The minimum absolute atomic E-state index is 0.233. The molecule has 1 aliphatic rings. The van der Waals surface area contributed by atoms with E-state index >= 15 is 0 Å².